The summed E-state index contributed by atoms with van der Waals surface area (Å²) >= 11 is 0. The lowest BCUT2D eigenvalue weighted by molar-refractivity contribution is 0.189. The fourth-order valence-corrected chi connectivity index (χ4v) is 3.01. The molecule has 2 aromatic rings. The third-order valence-corrected chi connectivity index (χ3v) is 4.53. The van der Waals surface area contributed by atoms with Crippen molar-refractivity contribution >= 4 is 6.08 Å². The van der Waals surface area contributed by atoms with Gasteiger partial charge in [-0.15, -0.1) is 0 Å². The first-order valence-electron chi connectivity index (χ1n) is 7.65. The van der Waals surface area contributed by atoms with E-state index in [0.29, 0.717) is 5.41 Å². The van der Waals surface area contributed by atoms with Gasteiger partial charge < -0.3 is 0 Å². The maximum Gasteiger partial charge on any atom is -0.0112 e. The highest BCUT2D eigenvalue weighted by Crippen LogP contribution is 2.46. The molecule has 0 spiro atoms. The van der Waals surface area contributed by atoms with Crippen LogP contribution >= 0.6 is 0 Å². The van der Waals surface area contributed by atoms with E-state index in [1.807, 2.05) is 0 Å². The molecule has 1 saturated carbocycles. The Bertz CT molecular complexity index is 547. The minimum Gasteiger partial charge on any atom is -0.0777 e. The van der Waals surface area contributed by atoms with Gasteiger partial charge in [0.2, 0.25) is 0 Å². The van der Waals surface area contributed by atoms with Gasteiger partial charge in [-0.2, -0.15) is 0 Å². The summed E-state index contributed by atoms with van der Waals surface area (Å²) in [6.45, 7) is 0. The van der Waals surface area contributed by atoms with E-state index in [1.165, 1.54) is 43.2 Å². The van der Waals surface area contributed by atoms with E-state index in [4.69, 9.17) is 0 Å². The van der Waals surface area contributed by atoms with Crippen LogP contribution in [0.3, 0.4) is 0 Å². The first-order valence-corrected chi connectivity index (χ1v) is 7.65. The Morgan fingerprint density at radius 1 is 0.850 bits per heavy atom. The van der Waals surface area contributed by atoms with Crippen molar-refractivity contribution in [1.82, 2.24) is 0 Å². The Hall–Kier alpha value is -1.82. The normalized spacial score (nSPS) is 17.0. The number of aryl methyl sites for hydroxylation is 1. The quantitative estimate of drug-likeness (QED) is 0.667. The van der Waals surface area contributed by atoms with Gasteiger partial charge in [0, 0.05) is 0 Å². The van der Waals surface area contributed by atoms with Crippen LogP contribution in [0, 0.1) is 5.41 Å². The number of hydrogen-bond acceptors (Lipinski definition) is 0. The maximum atomic E-state index is 2.47. The molecule has 0 heteroatoms. The molecule has 0 unspecified atom stereocenters. The van der Waals surface area contributed by atoms with E-state index in [-0.39, 0.29) is 0 Å². The van der Waals surface area contributed by atoms with E-state index in [2.05, 4.69) is 72.8 Å². The molecule has 0 nitrogen and oxygen atoms in total. The average molecular weight is 262 g/mol. The smallest absolute Gasteiger partial charge is 0.0112 e. The van der Waals surface area contributed by atoms with E-state index >= 15 is 0 Å². The molecular weight excluding hydrogens is 240 g/mol. The Morgan fingerprint density at radius 3 is 2.10 bits per heavy atom. The molecule has 0 amide bonds. The van der Waals surface area contributed by atoms with Crippen LogP contribution in [-0.2, 0) is 6.42 Å². The summed E-state index contributed by atoms with van der Waals surface area (Å²) in [6, 6.07) is 21.5. The average Bonchev–Trinajstić information content (AvgIpc) is 2.48. The van der Waals surface area contributed by atoms with Crippen LogP contribution in [-0.4, -0.2) is 0 Å². The highest BCUT2D eigenvalue weighted by atomic mass is 14.4. The molecule has 0 atom stereocenters. The minimum absolute atomic E-state index is 0.450. The molecule has 0 heterocycles. The van der Waals surface area contributed by atoms with Crippen LogP contribution in [0.4, 0.5) is 0 Å². The van der Waals surface area contributed by atoms with Gasteiger partial charge in [-0.05, 0) is 42.2 Å². The van der Waals surface area contributed by atoms with Gasteiger partial charge in [0.15, 0.2) is 0 Å². The van der Waals surface area contributed by atoms with Crippen molar-refractivity contribution in [2.75, 3.05) is 0 Å². The molecule has 102 valence electrons. The summed E-state index contributed by atoms with van der Waals surface area (Å²) in [5, 5.41) is 0. The molecule has 20 heavy (non-hydrogen) atoms. The zero-order valence-corrected chi connectivity index (χ0v) is 12.0. The van der Waals surface area contributed by atoms with Crippen molar-refractivity contribution in [2.45, 2.75) is 32.1 Å². The van der Waals surface area contributed by atoms with E-state index in [1.54, 1.807) is 0 Å². The van der Waals surface area contributed by atoms with Crippen LogP contribution in [0.15, 0.2) is 66.7 Å². The van der Waals surface area contributed by atoms with Gasteiger partial charge in [0.05, 0.1) is 0 Å². The molecule has 0 N–H and O–H groups in total. The van der Waals surface area contributed by atoms with Crippen molar-refractivity contribution in [2.24, 2.45) is 5.41 Å². The van der Waals surface area contributed by atoms with Crippen molar-refractivity contribution < 1.29 is 0 Å². The zero-order chi connectivity index (χ0) is 13.7. The third-order valence-electron chi connectivity index (χ3n) is 4.53. The number of rotatable bonds is 5. The Balaban J connectivity index is 1.64. The lowest BCUT2D eigenvalue weighted by Gasteiger charge is -2.39. The lowest BCUT2D eigenvalue weighted by Crippen LogP contribution is -2.27. The molecule has 3 rings (SSSR count). The highest BCUT2D eigenvalue weighted by molar-refractivity contribution is 5.50. The fraction of sp³-hybridized carbons (Fsp3) is 0.300. The van der Waals surface area contributed by atoms with Gasteiger partial charge in [0.1, 0.15) is 0 Å². The summed E-state index contributed by atoms with van der Waals surface area (Å²) in [5.74, 6) is 0. The number of hydrogen-bond donors (Lipinski definition) is 0. The largest absolute Gasteiger partial charge is 0.0777 e. The Kier molecular flexibility index (Phi) is 4.01. The van der Waals surface area contributed by atoms with Gasteiger partial charge in [-0.25, -0.2) is 0 Å². The number of allylic oxidation sites excluding steroid dienone is 1. The maximum absolute atomic E-state index is 2.47. The lowest BCUT2D eigenvalue weighted by atomic mass is 9.65. The molecule has 1 aliphatic rings. The van der Waals surface area contributed by atoms with Crippen LogP contribution < -0.4 is 0 Å². The Morgan fingerprint density at radius 2 is 1.50 bits per heavy atom. The fourth-order valence-electron chi connectivity index (χ4n) is 3.01. The zero-order valence-electron chi connectivity index (χ0n) is 12.0. The summed E-state index contributed by atoms with van der Waals surface area (Å²) in [4.78, 5) is 0. The van der Waals surface area contributed by atoms with Crippen LogP contribution in [0.5, 0.6) is 0 Å². The topological polar surface area (TPSA) is 0 Å². The van der Waals surface area contributed by atoms with Gasteiger partial charge in [-0.1, -0.05) is 79.2 Å². The van der Waals surface area contributed by atoms with Crippen molar-refractivity contribution in [3.63, 3.8) is 0 Å². The summed E-state index contributed by atoms with van der Waals surface area (Å²) < 4.78 is 0. The standard InChI is InChI=1S/C20H22/c1-3-8-18(9-4-1)12-16-20(14-7-15-20)17-13-19-10-5-2-6-11-19/h1-6,8-12,16H,7,13-15,17H2. The highest BCUT2D eigenvalue weighted by Gasteiger charge is 2.33. The predicted molar refractivity (Wildman–Crippen MR) is 86.5 cm³/mol. The minimum atomic E-state index is 0.450. The molecule has 1 fully saturated rings. The van der Waals surface area contributed by atoms with Crippen molar-refractivity contribution in [3.8, 4) is 0 Å². The molecule has 1 aliphatic carbocycles. The second-order valence-electron chi connectivity index (χ2n) is 5.95. The molecular formula is C20H22. The van der Waals surface area contributed by atoms with Gasteiger partial charge in [-0.3, -0.25) is 0 Å². The van der Waals surface area contributed by atoms with Gasteiger partial charge >= 0.3 is 0 Å². The first kappa shape index (κ1) is 13.2. The van der Waals surface area contributed by atoms with Crippen molar-refractivity contribution in [3.05, 3.63) is 77.9 Å². The monoisotopic (exact) mass is 262 g/mol. The molecule has 2 aromatic carbocycles. The first-order chi connectivity index (χ1) is 9.86. The summed E-state index contributed by atoms with van der Waals surface area (Å²) in [6.07, 6.45) is 11.3. The van der Waals surface area contributed by atoms with Crippen LogP contribution in [0.1, 0.15) is 36.8 Å². The van der Waals surface area contributed by atoms with Gasteiger partial charge in [0.25, 0.3) is 0 Å². The van der Waals surface area contributed by atoms with Crippen LogP contribution in [0.25, 0.3) is 6.08 Å². The second kappa shape index (κ2) is 6.09. The Labute approximate surface area is 122 Å². The predicted octanol–water partition coefficient (Wildman–Crippen LogP) is 5.50. The third kappa shape index (κ3) is 3.19. The summed E-state index contributed by atoms with van der Waals surface area (Å²) in [5.41, 5.74) is 3.23. The molecule has 0 aliphatic heterocycles. The van der Waals surface area contributed by atoms with E-state index in [9.17, 15) is 0 Å². The van der Waals surface area contributed by atoms with Crippen molar-refractivity contribution in [1.29, 1.82) is 0 Å². The number of benzene rings is 2. The molecule has 0 radical (unpaired) electrons. The second-order valence-corrected chi connectivity index (χ2v) is 5.95. The molecule has 0 saturated heterocycles. The van der Waals surface area contributed by atoms with E-state index < -0.39 is 0 Å². The molecule has 0 bridgehead atoms. The SMILES string of the molecule is C(=CC1(CCc2ccccc2)CCC1)c1ccccc1. The van der Waals surface area contributed by atoms with Crippen LogP contribution in [0.2, 0.25) is 0 Å². The summed E-state index contributed by atoms with van der Waals surface area (Å²) in [7, 11) is 0. The van der Waals surface area contributed by atoms with E-state index in [0.717, 1.165) is 0 Å². The molecule has 0 aromatic heterocycles.